The molecule has 92 valence electrons. The Balaban J connectivity index is 1.62. The molecule has 0 spiro atoms. The molecule has 3 N–H and O–H groups in total. The number of anilines is 2. The lowest BCUT2D eigenvalue weighted by Crippen LogP contribution is -2.42. The van der Waals surface area contributed by atoms with Gasteiger partial charge in [-0.05, 0) is 38.3 Å². The first kappa shape index (κ1) is 10.8. The van der Waals surface area contributed by atoms with E-state index in [9.17, 15) is 0 Å². The molecule has 0 radical (unpaired) electrons. The standard InChI is InChI=1S/C13H20N4/c14-10-3-5-15-13(8-10)16-11-4-7-17-6-1-2-12(17)9-11/h3,5,8,11-12H,1-2,4,6-7,9H2,(H3,14,15,16). The van der Waals surface area contributed by atoms with Gasteiger partial charge in [0.25, 0.3) is 0 Å². The summed E-state index contributed by atoms with van der Waals surface area (Å²) in [4.78, 5) is 6.94. The van der Waals surface area contributed by atoms with Gasteiger partial charge in [0.05, 0.1) is 0 Å². The maximum atomic E-state index is 5.76. The van der Waals surface area contributed by atoms with E-state index < -0.39 is 0 Å². The Morgan fingerprint density at radius 1 is 1.35 bits per heavy atom. The van der Waals surface area contributed by atoms with Crippen LogP contribution in [0.5, 0.6) is 0 Å². The highest BCUT2D eigenvalue weighted by molar-refractivity contribution is 5.48. The van der Waals surface area contributed by atoms with Crippen molar-refractivity contribution in [2.75, 3.05) is 24.1 Å². The number of nitrogens with one attached hydrogen (secondary N) is 1. The van der Waals surface area contributed by atoms with E-state index in [-0.39, 0.29) is 0 Å². The fourth-order valence-electron chi connectivity index (χ4n) is 3.09. The van der Waals surface area contributed by atoms with Gasteiger partial charge in [-0.1, -0.05) is 0 Å². The van der Waals surface area contributed by atoms with E-state index in [2.05, 4.69) is 15.2 Å². The molecule has 0 saturated carbocycles. The number of hydrogen-bond acceptors (Lipinski definition) is 4. The summed E-state index contributed by atoms with van der Waals surface area (Å²) in [6, 6.07) is 5.09. The highest BCUT2D eigenvalue weighted by Crippen LogP contribution is 2.28. The van der Waals surface area contributed by atoms with Gasteiger partial charge in [-0.15, -0.1) is 0 Å². The molecule has 1 aromatic heterocycles. The van der Waals surface area contributed by atoms with Gasteiger partial charge in [-0.2, -0.15) is 0 Å². The van der Waals surface area contributed by atoms with Crippen LogP contribution in [0.25, 0.3) is 0 Å². The Kier molecular flexibility index (Phi) is 2.89. The van der Waals surface area contributed by atoms with Gasteiger partial charge < -0.3 is 16.0 Å². The normalized spacial score (nSPS) is 28.9. The van der Waals surface area contributed by atoms with E-state index in [4.69, 9.17) is 5.73 Å². The summed E-state index contributed by atoms with van der Waals surface area (Å²) in [6.07, 6.45) is 6.96. The van der Waals surface area contributed by atoms with Crippen molar-refractivity contribution in [3.05, 3.63) is 18.3 Å². The number of aromatic nitrogens is 1. The van der Waals surface area contributed by atoms with Crippen LogP contribution in [0.4, 0.5) is 11.5 Å². The largest absolute Gasteiger partial charge is 0.399 e. The molecule has 3 heterocycles. The Labute approximate surface area is 102 Å². The average molecular weight is 232 g/mol. The van der Waals surface area contributed by atoms with E-state index in [1.165, 1.54) is 38.8 Å². The van der Waals surface area contributed by atoms with Gasteiger partial charge in [0, 0.05) is 36.6 Å². The summed E-state index contributed by atoms with van der Waals surface area (Å²) in [5.41, 5.74) is 6.54. The molecule has 2 fully saturated rings. The van der Waals surface area contributed by atoms with Crippen LogP contribution in [0.2, 0.25) is 0 Å². The fraction of sp³-hybridized carbons (Fsp3) is 0.615. The summed E-state index contributed by atoms with van der Waals surface area (Å²) in [5, 5.41) is 3.52. The fourth-order valence-corrected chi connectivity index (χ4v) is 3.09. The summed E-state index contributed by atoms with van der Waals surface area (Å²) >= 11 is 0. The van der Waals surface area contributed by atoms with Crippen LogP contribution in [0, 0.1) is 0 Å². The molecule has 2 unspecified atom stereocenters. The second-order valence-electron chi connectivity index (χ2n) is 5.17. The maximum absolute atomic E-state index is 5.76. The number of nitrogens with two attached hydrogens (primary N) is 1. The Hall–Kier alpha value is -1.29. The van der Waals surface area contributed by atoms with Crippen LogP contribution in [0.15, 0.2) is 18.3 Å². The topological polar surface area (TPSA) is 54.2 Å². The number of pyridine rings is 1. The lowest BCUT2D eigenvalue weighted by atomic mass is 9.97. The third-order valence-corrected chi connectivity index (χ3v) is 3.96. The van der Waals surface area contributed by atoms with Crippen LogP contribution >= 0.6 is 0 Å². The lowest BCUT2D eigenvalue weighted by Gasteiger charge is -2.35. The van der Waals surface area contributed by atoms with E-state index in [1.54, 1.807) is 6.20 Å². The minimum absolute atomic E-state index is 0.559. The Morgan fingerprint density at radius 2 is 2.29 bits per heavy atom. The molecule has 0 aromatic carbocycles. The average Bonchev–Trinajstić information content (AvgIpc) is 2.76. The molecule has 2 aliphatic heterocycles. The van der Waals surface area contributed by atoms with Crippen LogP contribution in [0.3, 0.4) is 0 Å². The number of hydrogen-bond donors (Lipinski definition) is 2. The number of piperidine rings is 1. The number of nitrogens with zero attached hydrogens (tertiary/aromatic N) is 2. The SMILES string of the molecule is Nc1ccnc(NC2CCN3CCCC3C2)c1. The molecule has 0 bridgehead atoms. The van der Waals surface area contributed by atoms with Gasteiger partial charge >= 0.3 is 0 Å². The second-order valence-corrected chi connectivity index (χ2v) is 5.17. The molecule has 2 atom stereocenters. The van der Waals surface area contributed by atoms with Crippen molar-refractivity contribution < 1.29 is 0 Å². The number of fused-ring (bicyclic) bond motifs is 1. The first-order valence-corrected chi connectivity index (χ1v) is 6.53. The summed E-state index contributed by atoms with van der Waals surface area (Å²) in [5.74, 6) is 0.918. The van der Waals surface area contributed by atoms with E-state index >= 15 is 0 Å². The molecular weight excluding hydrogens is 212 g/mol. The van der Waals surface area contributed by atoms with Crippen LogP contribution in [0.1, 0.15) is 25.7 Å². The first-order valence-electron chi connectivity index (χ1n) is 6.53. The number of rotatable bonds is 2. The predicted molar refractivity (Wildman–Crippen MR) is 69.9 cm³/mol. The highest BCUT2D eigenvalue weighted by atomic mass is 15.2. The lowest BCUT2D eigenvalue weighted by molar-refractivity contribution is 0.188. The summed E-state index contributed by atoms with van der Waals surface area (Å²) in [7, 11) is 0. The Morgan fingerprint density at radius 3 is 3.18 bits per heavy atom. The molecule has 1 aromatic rings. The predicted octanol–water partition coefficient (Wildman–Crippen LogP) is 1.70. The number of nitrogen functional groups attached to an aromatic ring is 1. The molecule has 17 heavy (non-hydrogen) atoms. The third kappa shape index (κ3) is 2.36. The van der Waals surface area contributed by atoms with Crippen molar-refractivity contribution in [3.63, 3.8) is 0 Å². The molecule has 0 amide bonds. The summed E-state index contributed by atoms with van der Waals surface area (Å²) in [6.45, 7) is 2.53. The minimum Gasteiger partial charge on any atom is -0.399 e. The van der Waals surface area contributed by atoms with Crippen LogP contribution in [-0.4, -0.2) is 35.1 Å². The molecular formula is C13H20N4. The molecule has 2 aliphatic rings. The molecule has 4 heteroatoms. The summed E-state index contributed by atoms with van der Waals surface area (Å²) < 4.78 is 0. The molecule has 2 saturated heterocycles. The molecule has 0 aliphatic carbocycles. The van der Waals surface area contributed by atoms with Gasteiger partial charge in [-0.3, -0.25) is 0 Å². The zero-order valence-electron chi connectivity index (χ0n) is 10.1. The van der Waals surface area contributed by atoms with Crippen molar-refractivity contribution in [2.24, 2.45) is 0 Å². The van der Waals surface area contributed by atoms with Crippen molar-refractivity contribution in [1.29, 1.82) is 0 Å². The second kappa shape index (κ2) is 4.53. The monoisotopic (exact) mass is 232 g/mol. The molecule has 4 nitrogen and oxygen atoms in total. The molecule has 3 rings (SSSR count). The van der Waals surface area contributed by atoms with Crippen molar-refractivity contribution in [1.82, 2.24) is 9.88 Å². The van der Waals surface area contributed by atoms with Gasteiger partial charge in [0.15, 0.2) is 0 Å². The zero-order valence-corrected chi connectivity index (χ0v) is 10.1. The Bertz CT molecular complexity index is 393. The highest BCUT2D eigenvalue weighted by Gasteiger charge is 2.31. The first-order chi connectivity index (χ1) is 8.31. The zero-order chi connectivity index (χ0) is 11.7. The van der Waals surface area contributed by atoms with Crippen LogP contribution in [-0.2, 0) is 0 Å². The van der Waals surface area contributed by atoms with Crippen molar-refractivity contribution >= 4 is 11.5 Å². The third-order valence-electron chi connectivity index (χ3n) is 3.96. The van der Waals surface area contributed by atoms with Crippen molar-refractivity contribution in [3.8, 4) is 0 Å². The smallest absolute Gasteiger partial charge is 0.128 e. The minimum atomic E-state index is 0.559. The van der Waals surface area contributed by atoms with E-state index in [1.807, 2.05) is 12.1 Å². The van der Waals surface area contributed by atoms with Crippen molar-refractivity contribution in [2.45, 2.75) is 37.8 Å². The quantitative estimate of drug-likeness (QED) is 0.815. The van der Waals surface area contributed by atoms with E-state index in [0.29, 0.717) is 6.04 Å². The van der Waals surface area contributed by atoms with Crippen LogP contribution < -0.4 is 11.1 Å². The van der Waals surface area contributed by atoms with Gasteiger partial charge in [-0.25, -0.2) is 4.98 Å². The van der Waals surface area contributed by atoms with Gasteiger partial charge in [0.2, 0.25) is 0 Å². The van der Waals surface area contributed by atoms with E-state index in [0.717, 1.165) is 17.5 Å². The maximum Gasteiger partial charge on any atom is 0.128 e. The van der Waals surface area contributed by atoms with Gasteiger partial charge in [0.1, 0.15) is 5.82 Å².